The predicted octanol–water partition coefficient (Wildman–Crippen LogP) is 1.12. The number of rotatable bonds is 4. The zero-order chi connectivity index (χ0) is 10.6. The van der Waals surface area contributed by atoms with Crippen LogP contribution in [-0.4, -0.2) is 49.1 Å². The Hall–Kier alpha value is -0.330. The van der Waals surface area contributed by atoms with Gasteiger partial charge in [-0.15, -0.1) is 0 Å². The molecule has 0 bridgehead atoms. The van der Waals surface area contributed by atoms with Gasteiger partial charge in [-0.05, 0) is 12.1 Å². The standard InChI is InChI=1S/C9H10O4S.Na/c1-2-7-13-8-5-3-4-6-9(8)14(10,11)12;/h2-6H,1,7H2,(H,10,11,12);. The summed E-state index contributed by atoms with van der Waals surface area (Å²) in [6.45, 7) is 3.62. The van der Waals surface area contributed by atoms with E-state index in [0.29, 0.717) is 0 Å². The van der Waals surface area contributed by atoms with Gasteiger partial charge in [0.15, 0.2) is 0 Å². The van der Waals surface area contributed by atoms with E-state index < -0.39 is 10.1 Å². The molecular formula is C9H10NaO4S. The summed E-state index contributed by atoms with van der Waals surface area (Å²) in [5.74, 6) is 0.120. The van der Waals surface area contributed by atoms with E-state index in [2.05, 4.69) is 6.58 Å². The smallest absolute Gasteiger partial charge is 0.298 e. The van der Waals surface area contributed by atoms with Crippen LogP contribution < -0.4 is 4.74 Å². The van der Waals surface area contributed by atoms with Crippen LogP contribution >= 0.6 is 0 Å². The van der Waals surface area contributed by atoms with Crippen LogP contribution in [-0.2, 0) is 10.1 Å². The molecule has 0 saturated heterocycles. The van der Waals surface area contributed by atoms with Crippen molar-refractivity contribution in [3.8, 4) is 5.75 Å². The second-order valence-corrected chi connectivity index (χ2v) is 3.91. The van der Waals surface area contributed by atoms with E-state index in [1.165, 1.54) is 24.3 Å². The molecule has 15 heavy (non-hydrogen) atoms. The second kappa shape index (κ2) is 6.30. The minimum Gasteiger partial charge on any atom is -0.488 e. The molecule has 0 unspecified atom stereocenters. The number of para-hydroxylation sites is 1. The van der Waals surface area contributed by atoms with E-state index in [-0.39, 0.29) is 46.8 Å². The summed E-state index contributed by atoms with van der Waals surface area (Å²) in [5, 5.41) is 0. The molecule has 1 N–H and O–H groups in total. The quantitative estimate of drug-likeness (QED) is 0.484. The van der Waals surface area contributed by atoms with Gasteiger partial charge < -0.3 is 4.74 Å². The van der Waals surface area contributed by atoms with Crippen molar-refractivity contribution >= 4 is 39.7 Å². The zero-order valence-corrected chi connectivity index (χ0v) is 11.2. The summed E-state index contributed by atoms with van der Waals surface area (Å²) in [7, 11) is -4.22. The van der Waals surface area contributed by atoms with E-state index >= 15 is 0 Å². The Bertz CT molecular complexity index is 427. The fourth-order valence-corrected chi connectivity index (χ4v) is 1.56. The molecule has 1 aromatic rings. The number of hydrogen-bond acceptors (Lipinski definition) is 3. The van der Waals surface area contributed by atoms with Crippen LogP contribution in [0.15, 0.2) is 41.8 Å². The maximum Gasteiger partial charge on any atom is 0.298 e. The molecule has 0 fully saturated rings. The van der Waals surface area contributed by atoms with Crippen LogP contribution in [0.5, 0.6) is 5.75 Å². The van der Waals surface area contributed by atoms with Crippen molar-refractivity contribution < 1.29 is 17.7 Å². The Morgan fingerprint density at radius 1 is 1.40 bits per heavy atom. The van der Waals surface area contributed by atoms with Gasteiger partial charge in [-0.3, -0.25) is 4.55 Å². The van der Waals surface area contributed by atoms with E-state index in [1.807, 2.05) is 0 Å². The summed E-state index contributed by atoms with van der Waals surface area (Å²) < 4.78 is 35.6. The van der Waals surface area contributed by atoms with Gasteiger partial charge in [0.2, 0.25) is 0 Å². The topological polar surface area (TPSA) is 63.6 Å². The van der Waals surface area contributed by atoms with Crippen molar-refractivity contribution in [3.05, 3.63) is 36.9 Å². The number of hydrogen-bond donors (Lipinski definition) is 1. The van der Waals surface area contributed by atoms with Crippen LogP contribution in [0.2, 0.25) is 0 Å². The second-order valence-electron chi connectivity index (χ2n) is 2.52. The molecule has 0 atom stereocenters. The van der Waals surface area contributed by atoms with Gasteiger partial charge in [-0.25, -0.2) is 0 Å². The van der Waals surface area contributed by atoms with Crippen molar-refractivity contribution in [2.45, 2.75) is 4.90 Å². The first kappa shape index (κ1) is 14.7. The molecule has 0 aliphatic rings. The van der Waals surface area contributed by atoms with Gasteiger partial charge in [-0.2, -0.15) is 8.42 Å². The predicted molar refractivity (Wildman–Crippen MR) is 57.7 cm³/mol. The molecule has 6 heteroatoms. The Kier molecular flexibility index (Phi) is 6.16. The van der Waals surface area contributed by atoms with Crippen LogP contribution in [0.3, 0.4) is 0 Å². The number of ether oxygens (including phenoxy) is 1. The van der Waals surface area contributed by atoms with Crippen molar-refractivity contribution in [1.29, 1.82) is 0 Å². The summed E-state index contributed by atoms with van der Waals surface area (Å²) in [5.41, 5.74) is 0. The van der Waals surface area contributed by atoms with Crippen molar-refractivity contribution in [2.24, 2.45) is 0 Å². The van der Waals surface area contributed by atoms with E-state index in [4.69, 9.17) is 9.29 Å². The Labute approximate surface area is 111 Å². The fraction of sp³-hybridized carbons (Fsp3) is 0.111. The van der Waals surface area contributed by atoms with Gasteiger partial charge in [0, 0.05) is 29.6 Å². The average Bonchev–Trinajstić information content (AvgIpc) is 2.14. The number of benzene rings is 1. The van der Waals surface area contributed by atoms with Crippen molar-refractivity contribution in [2.75, 3.05) is 6.61 Å². The molecule has 1 aromatic carbocycles. The SMILES string of the molecule is C=CCOc1ccccc1S(=O)(=O)O.[Na]. The average molecular weight is 237 g/mol. The first-order chi connectivity index (χ1) is 6.55. The molecule has 0 aromatic heterocycles. The van der Waals surface area contributed by atoms with Gasteiger partial charge in [0.25, 0.3) is 10.1 Å². The third kappa shape index (κ3) is 4.36. The molecule has 1 rings (SSSR count). The minimum absolute atomic E-state index is 0. The van der Waals surface area contributed by atoms with Crippen LogP contribution in [0.25, 0.3) is 0 Å². The van der Waals surface area contributed by atoms with Crippen molar-refractivity contribution in [1.82, 2.24) is 0 Å². The third-order valence-corrected chi connectivity index (χ3v) is 2.38. The molecule has 0 heterocycles. The largest absolute Gasteiger partial charge is 0.488 e. The van der Waals surface area contributed by atoms with E-state index in [9.17, 15) is 8.42 Å². The van der Waals surface area contributed by atoms with Crippen LogP contribution in [0.1, 0.15) is 0 Å². The molecule has 1 radical (unpaired) electrons. The van der Waals surface area contributed by atoms with Crippen LogP contribution in [0.4, 0.5) is 0 Å². The minimum atomic E-state index is -4.22. The first-order valence-electron chi connectivity index (χ1n) is 3.86. The maximum atomic E-state index is 10.9. The summed E-state index contributed by atoms with van der Waals surface area (Å²) in [6.07, 6.45) is 1.49. The van der Waals surface area contributed by atoms with Gasteiger partial charge >= 0.3 is 0 Å². The summed E-state index contributed by atoms with van der Waals surface area (Å²) >= 11 is 0. The molecular weight excluding hydrogens is 227 g/mol. The van der Waals surface area contributed by atoms with Gasteiger partial charge in [0.05, 0.1) is 0 Å². The summed E-state index contributed by atoms with van der Waals surface area (Å²) in [4.78, 5) is -0.234. The Morgan fingerprint density at radius 2 is 2.00 bits per heavy atom. The van der Waals surface area contributed by atoms with Gasteiger partial charge in [-0.1, -0.05) is 24.8 Å². The third-order valence-electron chi connectivity index (χ3n) is 1.48. The van der Waals surface area contributed by atoms with Gasteiger partial charge in [0.1, 0.15) is 17.3 Å². The Morgan fingerprint density at radius 3 is 2.53 bits per heavy atom. The zero-order valence-electron chi connectivity index (χ0n) is 8.38. The van der Waals surface area contributed by atoms with E-state index in [1.54, 1.807) is 6.07 Å². The first-order valence-corrected chi connectivity index (χ1v) is 5.30. The molecule has 4 nitrogen and oxygen atoms in total. The molecule has 77 valence electrons. The molecule has 0 spiro atoms. The molecule has 0 aliphatic heterocycles. The van der Waals surface area contributed by atoms with Crippen molar-refractivity contribution in [3.63, 3.8) is 0 Å². The molecule has 0 amide bonds. The normalized spacial score (nSPS) is 10.2. The maximum absolute atomic E-state index is 10.9. The van der Waals surface area contributed by atoms with Crippen LogP contribution in [0, 0.1) is 0 Å². The summed E-state index contributed by atoms with van der Waals surface area (Å²) in [6, 6.07) is 5.86. The van der Waals surface area contributed by atoms with E-state index in [0.717, 1.165) is 0 Å². The fourth-order valence-electron chi connectivity index (χ4n) is 0.931. The molecule has 0 saturated carbocycles. The molecule has 0 aliphatic carbocycles. The monoisotopic (exact) mass is 237 g/mol. The Balaban J connectivity index is 0.00000196.